The minimum absolute atomic E-state index is 0.0806. The van der Waals surface area contributed by atoms with Gasteiger partial charge < -0.3 is 10.2 Å². The van der Waals surface area contributed by atoms with Crippen LogP contribution in [0.3, 0.4) is 0 Å². The summed E-state index contributed by atoms with van der Waals surface area (Å²) in [6.45, 7) is 5.92. The lowest BCUT2D eigenvalue weighted by Gasteiger charge is -2.21. The maximum atomic E-state index is 15.0. The lowest BCUT2D eigenvalue weighted by atomic mass is 9.91. The highest BCUT2D eigenvalue weighted by Crippen LogP contribution is 2.37. The molecule has 3 aromatic rings. The number of benzene rings is 1. The molecule has 0 spiro atoms. The Balaban J connectivity index is 2.06. The molecule has 0 fully saturated rings. The van der Waals surface area contributed by atoms with Crippen LogP contribution in [0, 0.1) is 18.6 Å². The average Bonchev–Trinajstić information content (AvgIpc) is 3.19. The number of hydrogen-bond donors (Lipinski definition) is 4. The highest BCUT2D eigenvalue weighted by Gasteiger charge is 2.25. The number of amides is 1. The Hall–Kier alpha value is -2.88. The molecule has 0 aliphatic heterocycles. The van der Waals surface area contributed by atoms with Gasteiger partial charge in [0.1, 0.15) is 17.5 Å². The number of aromatic nitrogens is 1. The Kier molecular flexibility index (Phi) is 6.40. The number of nitrogens with zero attached hydrogens (tertiary/aromatic N) is 1. The maximum Gasteiger partial charge on any atom is 0.270 e. The van der Waals surface area contributed by atoms with E-state index in [0.29, 0.717) is 11.3 Å². The minimum atomic E-state index is -1.43. The summed E-state index contributed by atoms with van der Waals surface area (Å²) in [5.41, 5.74) is 4.56. The maximum absolute atomic E-state index is 15.0. The molecule has 0 saturated carbocycles. The predicted octanol–water partition coefficient (Wildman–Crippen LogP) is 4.43. The topological polar surface area (TPSA) is 94.5 Å². The van der Waals surface area contributed by atoms with Gasteiger partial charge in [0.2, 0.25) is 0 Å². The summed E-state index contributed by atoms with van der Waals surface area (Å²) in [5.74, 6) is -2.03. The molecule has 0 radical (unpaired) electrons. The Morgan fingerprint density at radius 2 is 1.87 bits per heavy atom. The molecule has 0 saturated heterocycles. The van der Waals surface area contributed by atoms with E-state index < -0.39 is 29.2 Å². The van der Waals surface area contributed by atoms with Gasteiger partial charge in [0.25, 0.3) is 5.91 Å². The van der Waals surface area contributed by atoms with Crippen molar-refractivity contribution in [3.05, 3.63) is 69.0 Å². The lowest BCUT2D eigenvalue weighted by Crippen LogP contribution is -2.29. The third-order valence-corrected chi connectivity index (χ3v) is 5.46. The molecular formula is C22H23F2N3O3S. The smallest absolute Gasteiger partial charge is 0.270 e. The summed E-state index contributed by atoms with van der Waals surface area (Å²) >= 11 is 1.37. The molecule has 0 bridgehead atoms. The zero-order valence-corrected chi connectivity index (χ0v) is 18.3. The van der Waals surface area contributed by atoms with Gasteiger partial charge in [-0.2, -0.15) is 11.3 Å². The van der Waals surface area contributed by atoms with E-state index in [4.69, 9.17) is 0 Å². The van der Waals surface area contributed by atoms with Crippen LogP contribution in [-0.4, -0.2) is 21.1 Å². The third-order valence-electron chi connectivity index (χ3n) is 4.77. The van der Waals surface area contributed by atoms with Crippen LogP contribution in [0.1, 0.15) is 54.1 Å². The number of halogens is 2. The third kappa shape index (κ3) is 4.90. The van der Waals surface area contributed by atoms with Gasteiger partial charge in [-0.15, -0.1) is 0 Å². The molecule has 31 heavy (non-hydrogen) atoms. The standard InChI is InChI=1S/C22H23F2N3O3S/c1-11-19(12(2)28)15(20-16(23)7-14(8-17(20)24)22(3,4)30)9-18(25-11)26-27-21(29)13-5-6-31-10-13/h5-10,12,28,30H,1-4H3,(H,25,26)(H,27,29). The number of nitrogens with one attached hydrogen (secondary N) is 2. The highest BCUT2D eigenvalue weighted by molar-refractivity contribution is 7.08. The first-order valence-electron chi connectivity index (χ1n) is 9.49. The van der Waals surface area contributed by atoms with Gasteiger partial charge in [-0.1, -0.05) is 0 Å². The number of thiophene rings is 1. The average molecular weight is 448 g/mol. The van der Waals surface area contributed by atoms with E-state index in [1.807, 2.05) is 0 Å². The first kappa shape index (κ1) is 22.8. The molecule has 0 aliphatic carbocycles. The van der Waals surface area contributed by atoms with Crippen LogP contribution in [0.5, 0.6) is 0 Å². The number of aliphatic hydroxyl groups excluding tert-OH is 1. The summed E-state index contributed by atoms with van der Waals surface area (Å²) < 4.78 is 30.0. The summed E-state index contributed by atoms with van der Waals surface area (Å²) in [6, 6.07) is 5.13. The van der Waals surface area contributed by atoms with E-state index in [9.17, 15) is 23.8 Å². The van der Waals surface area contributed by atoms with Crippen LogP contribution >= 0.6 is 11.3 Å². The number of hydrogen-bond acceptors (Lipinski definition) is 6. The van der Waals surface area contributed by atoms with Crippen LogP contribution in [0.25, 0.3) is 11.1 Å². The van der Waals surface area contributed by atoms with Crippen LogP contribution in [-0.2, 0) is 5.60 Å². The second-order valence-corrected chi connectivity index (χ2v) is 8.48. The molecule has 1 atom stereocenters. The summed E-state index contributed by atoms with van der Waals surface area (Å²) in [7, 11) is 0. The van der Waals surface area contributed by atoms with Crippen molar-refractivity contribution in [3.63, 3.8) is 0 Å². The van der Waals surface area contributed by atoms with E-state index in [2.05, 4.69) is 15.8 Å². The highest BCUT2D eigenvalue weighted by atomic mass is 32.1. The molecule has 4 N–H and O–H groups in total. The van der Waals surface area contributed by atoms with Gasteiger partial charge in [0, 0.05) is 16.6 Å². The Labute approximate surface area is 182 Å². The van der Waals surface area contributed by atoms with Crippen LogP contribution in [0.15, 0.2) is 35.0 Å². The van der Waals surface area contributed by atoms with Gasteiger partial charge in [-0.05, 0) is 68.5 Å². The summed E-state index contributed by atoms with van der Waals surface area (Å²) in [5, 5.41) is 23.8. The Morgan fingerprint density at radius 1 is 1.23 bits per heavy atom. The number of carbonyl (C=O) groups is 1. The Bertz CT molecular complexity index is 1090. The summed E-state index contributed by atoms with van der Waals surface area (Å²) in [4.78, 5) is 16.4. The van der Waals surface area contributed by atoms with Crippen LogP contribution in [0.4, 0.5) is 14.6 Å². The molecule has 1 amide bonds. The van der Waals surface area contributed by atoms with Crippen molar-refractivity contribution < 1.29 is 23.8 Å². The number of pyridine rings is 1. The normalized spacial score (nSPS) is 12.5. The van der Waals surface area contributed by atoms with Crippen LogP contribution < -0.4 is 10.9 Å². The van der Waals surface area contributed by atoms with Crippen molar-refractivity contribution in [2.45, 2.75) is 39.4 Å². The van der Waals surface area contributed by atoms with Crippen molar-refractivity contribution >= 4 is 23.1 Å². The lowest BCUT2D eigenvalue weighted by molar-refractivity contribution is 0.0778. The van der Waals surface area contributed by atoms with E-state index in [1.54, 1.807) is 23.8 Å². The molecule has 2 heterocycles. The second kappa shape index (κ2) is 8.70. The number of aliphatic hydroxyl groups is 2. The molecule has 6 nitrogen and oxygen atoms in total. The number of rotatable bonds is 6. The van der Waals surface area contributed by atoms with E-state index >= 15 is 0 Å². The molecule has 3 rings (SSSR count). The number of hydrazine groups is 1. The van der Waals surface area contributed by atoms with Gasteiger partial charge in [0.05, 0.1) is 22.8 Å². The summed E-state index contributed by atoms with van der Waals surface area (Å²) in [6.07, 6.45) is -1.05. The number of anilines is 1. The largest absolute Gasteiger partial charge is 0.389 e. The van der Waals surface area contributed by atoms with Gasteiger partial charge >= 0.3 is 0 Å². The van der Waals surface area contributed by atoms with Crippen molar-refractivity contribution in [1.29, 1.82) is 0 Å². The zero-order chi connectivity index (χ0) is 22.9. The monoisotopic (exact) mass is 447 g/mol. The molecular weight excluding hydrogens is 424 g/mol. The minimum Gasteiger partial charge on any atom is -0.389 e. The predicted molar refractivity (Wildman–Crippen MR) is 116 cm³/mol. The number of carbonyl (C=O) groups excluding carboxylic acids is 1. The zero-order valence-electron chi connectivity index (χ0n) is 17.5. The molecule has 0 aliphatic rings. The Morgan fingerprint density at radius 3 is 2.39 bits per heavy atom. The molecule has 9 heteroatoms. The number of aryl methyl sites for hydroxylation is 1. The molecule has 164 valence electrons. The molecule has 1 aromatic carbocycles. The quantitative estimate of drug-likeness (QED) is 0.419. The first-order chi connectivity index (χ1) is 14.5. The molecule has 2 aromatic heterocycles. The van der Waals surface area contributed by atoms with Crippen molar-refractivity contribution in [3.8, 4) is 11.1 Å². The fourth-order valence-corrected chi connectivity index (χ4v) is 3.89. The van der Waals surface area contributed by atoms with Crippen molar-refractivity contribution in [2.24, 2.45) is 0 Å². The van der Waals surface area contributed by atoms with E-state index in [0.717, 1.165) is 12.1 Å². The van der Waals surface area contributed by atoms with Gasteiger partial charge in [-0.25, -0.2) is 13.8 Å². The van der Waals surface area contributed by atoms with Crippen LogP contribution in [0.2, 0.25) is 0 Å². The van der Waals surface area contributed by atoms with Crippen molar-refractivity contribution in [1.82, 2.24) is 10.4 Å². The fraction of sp³-hybridized carbons (Fsp3) is 0.273. The van der Waals surface area contributed by atoms with E-state index in [1.165, 1.54) is 38.2 Å². The second-order valence-electron chi connectivity index (χ2n) is 7.70. The van der Waals surface area contributed by atoms with Gasteiger partial charge in [0.15, 0.2) is 0 Å². The van der Waals surface area contributed by atoms with Gasteiger partial charge in [-0.3, -0.25) is 15.6 Å². The SMILES string of the molecule is Cc1nc(NNC(=O)c2ccsc2)cc(-c2c(F)cc(C(C)(C)O)cc2F)c1C(C)O. The van der Waals surface area contributed by atoms with Crippen molar-refractivity contribution in [2.75, 3.05) is 5.43 Å². The van der Waals surface area contributed by atoms with E-state index in [-0.39, 0.29) is 28.1 Å². The fourth-order valence-electron chi connectivity index (χ4n) is 3.25. The first-order valence-corrected chi connectivity index (χ1v) is 10.4. The molecule has 1 unspecified atom stereocenters.